The van der Waals surface area contributed by atoms with Gasteiger partial charge in [0.1, 0.15) is 0 Å². The van der Waals surface area contributed by atoms with Crippen LogP contribution in [0.15, 0.2) is 23.8 Å². The van der Waals surface area contributed by atoms with E-state index in [-0.39, 0.29) is 5.57 Å². The van der Waals surface area contributed by atoms with Gasteiger partial charge in [0.25, 0.3) is 0 Å². The lowest BCUT2D eigenvalue weighted by Crippen LogP contribution is -2.47. The number of aliphatic carboxylic acids is 2. The number of hydrogen-bond acceptors (Lipinski definition) is 3. The van der Waals surface area contributed by atoms with Crippen LogP contribution in [0.4, 0.5) is 0 Å². The van der Waals surface area contributed by atoms with Gasteiger partial charge in [-0.05, 0) is 6.08 Å². The molecule has 15 heavy (non-hydrogen) atoms. The highest BCUT2D eigenvalue weighted by Crippen LogP contribution is 2.33. The maximum absolute atomic E-state index is 11.1. The summed E-state index contributed by atoms with van der Waals surface area (Å²) in [7, 11) is 1.25. The lowest BCUT2D eigenvalue weighted by atomic mass is 9.79. The zero-order valence-corrected chi connectivity index (χ0v) is 8.43. The second-order valence-corrected chi connectivity index (χ2v) is 3.31. The molecule has 0 aromatic heterocycles. The number of carboxylic acids is 2. The predicted molar refractivity (Wildman–Crippen MR) is 51.4 cm³/mol. The highest BCUT2D eigenvalue weighted by molar-refractivity contribution is 5.92. The molecule has 0 aliphatic heterocycles. The Morgan fingerprint density at radius 1 is 1.47 bits per heavy atom. The highest BCUT2D eigenvalue weighted by Gasteiger charge is 2.46. The van der Waals surface area contributed by atoms with Gasteiger partial charge in [0.2, 0.25) is 0 Å². The Bertz CT molecular complexity index is 355. The summed E-state index contributed by atoms with van der Waals surface area (Å²) in [6, 6.07) is 0. The lowest BCUT2D eigenvalue weighted by molar-refractivity contribution is -0.160. The standard InChI is InChI=1S/C10H12O5/c1-6-7(8(11)12)4-3-5-10(6,15-2)9(13)14/h3-6H,1-2H3,(H,11,12)(H,13,14). The topological polar surface area (TPSA) is 83.8 Å². The number of allylic oxidation sites excluding steroid dienone is 2. The van der Waals surface area contributed by atoms with Crippen LogP contribution in [0.25, 0.3) is 0 Å². The quantitative estimate of drug-likeness (QED) is 0.718. The van der Waals surface area contributed by atoms with Crippen LogP contribution in [0.1, 0.15) is 6.92 Å². The molecule has 0 aromatic carbocycles. The van der Waals surface area contributed by atoms with Crippen LogP contribution in [0, 0.1) is 5.92 Å². The van der Waals surface area contributed by atoms with E-state index in [0.717, 1.165) is 0 Å². The van der Waals surface area contributed by atoms with Gasteiger partial charge in [-0.2, -0.15) is 0 Å². The molecule has 82 valence electrons. The Hall–Kier alpha value is -1.62. The average molecular weight is 212 g/mol. The zero-order chi connectivity index (χ0) is 11.6. The van der Waals surface area contributed by atoms with E-state index >= 15 is 0 Å². The molecule has 2 N–H and O–H groups in total. The minimum absolute atomic E-state index is 0.0294. The summed E-state index contributed by atoms with van der Waals surface area (Å²) in [4.78, 5) is 21.9. The van der Waals surface area contributed by atoms with Gasteiger partial charge in [0, 0.05) is 18.6 Å². The molecule has 0 saturated heterocycles. The molecule has 0 radical (unpaired) electrons. The molecule has 2 unspecified atom stereocenters. The molecule has 0 amide bonds. The van der Waals surface area contributed by atoms with E-state index in [2.05, 4.69) is 0 Å². The number of methoxy groups -OCH3 is 1. The summed E-state index contributed by atoms with van der Waals surface area (Å²) in [5, 5.41) is 17.9. The summed E-state index contributed by atoms with van der Waals surface area (Å²) in [5.41, 5.74) is -1.55. The van der Waals surface area contributed by atoms with Crippen LogP contribution in [-0.2, 0) is 14.3 Å². The van der Waals surface area contributed by atoms with Crippen molar-refractivity contribution in [2.24, 2.45) is 5.92 Å². The van der Waals surface area contributed by atoms with Crippen molar-refractivity contribution in [1.82, 2.24) is 0 Å². The van der Waals surface area contributed by atoms with Gasteiger partial charge < -0.3 is 14.9 Å². The minimum Gasteiger partial charge on any atom is -0.479 e. The molecular formula is C10H12O5. The van der Waals surface area contributed by atoms with Crippen molar-refractivity contribution >= 4 is 11.9 Å². The molecule has 0 aromatic rings. The zero-order valence-electron chi connectivity index (χ0n) is 8.43. The van der Waals surface area contributed by atoms with E-state index < -0.39 is 23.5 Å². The molecule has 5 heteroatoms. The van der Waals surface area contributed by atoms with Crippen molar-refractivity contribution < 1.29 is 24.5 Å². The van der Waals surface area contributed by atoms with E-state index in [0.29, 0.717) is 0 Å². The largest absolute Gasteiger partial charge is 0.479 e. The van der Waals surface area contributed by atoms with E-state index in [9.17, 15) is 9.59 Å². The van der Waals surface area contributed by atoms with Crippen molar-refractivity contribution in [3.05, 3.63) is 23.8 Å². The fourth-order valence-corrected chi connectivity index (χ4v) is 1.66. The molecule has 0 fully saturated rings. The first kappa shape index (κ1) is 11.5. The van der Waals surface area contributed by atoms with Gasteiger partial charge in [-0.15, -0.1) is 0 Å². The summed E-state index contributed by atoms with van der Waals surface area (Å²) < 4.78 is 4.94. The Labute approximate surface area is 86.7 Å². The molecule has 0 bridgehead atoms. The fraction of sp³-hybridized carbons (Fsp3) is 0.400. The van der Waals surface area contributed by atoms with Gasteiger partial charge in [-0.25, -0.2) is 9.59 Å². The maximum Gasteiger partial charge on any atom is 0.340 e. The third-order valence-corrected chi connectivity index (χ3v) is 2.65. The number of ether oxygens (including phenoxy) is 1. The summed E-state index contributed by atoms with van der Waals surface area (Å²) in [6.45, 7) is 1.51. The SMILES string of the molecule is COC1(C(=O)O)C=CC=C(C(=O)O)C1C. The third kappa shape index (κ3) is 1.66. The molecular weight excluding hydrogens is 200 g/mol. The number of hydrogen-bond donors (Lipinski definition) is 2. The highest BCUT2D eigenvalue weighted by atomic mass is 16.5. The molecule has 0 saturated carbocycles. The maximum atomic E-state index is 11.1. The predicted octanol–water partition coefficient (Wildman–Crippen LogP) is 0.673. The van der Waals surface area contributed by atoms with Crippen LogP contribution in [-0.4, -0.2) is 34.9 Å². The average Bonchev–Trinajstić information content (AvgIpc) is 2.17. The molecule has 1 aliphatic rings. The van der Waals surface area contributed by atoms with E-state index in [1.54, 1.807) is 0 Å². The van der Waals surface area contributed by atoms with Crippen LogP contribution in [0.3, 0.4) is 0 Å². The number of carboxylic acid groups (broad SMARTS) is 2. The molecule has 1 aliphatic carbocycles. The first-order valence-corrected chi connectivity index (χ1v) is 4.37. The van der Waals surface area contributed by atoms with Gasteiger partial charge in [-0.1, -0.05) is 19.1 Å². The number of carbonyl (C=O) groups is 2. The monoisotopic (exact) mass is 212 g/mol. The molecule has 0 heterocycles. The fourth-order valence-electron chi connectivity index (χ4n) is 1.66. The minimum atomic E-state index is -1.58. The van der Waals surface area contributed by atoms with Crippen molar-refractivity contribution in [2.45, 2.75) is 12.5 Å². The van der Waals surface area contributed by atoms with Crippen LogP contribution < -0.4 is 0 Å². The van der Waals surface area contributed by atoms with Crippen LogP contribution in [0.5, 0.6) is 0 Å². The van der Waals surface area contributed by atoms with Crippen molar-refractivity contribution in [3.63, 3.8) is 0 Å². The normalized spacial score (nSPS) is 29.7. The lowest BCUT2D eigenvalue weighted by Gasteiger charge is -2.33. The summed E-state index contributed by atoms with van der Waals surface area (Å²) >= 11 is 0. The van der Waals surface area contributed by atoms with Crippen molar-refractivity contribution in [1.29, 1.82) is 0 Å². The summed E-state index contributed by atoms with van der Waals surface area (Å²) in [6.07, 6.45) is 4.13. The molecule has 0 spiro atoms. The second kappa shape index (κ2) is 3.86. The van der Waals surface area contributed by atoms with E-state index in [1.165, 1.54) is 32.3 Å². The Morgan fingerprint density at radius 2 is 2.07 bits per heavy atom. The smallest absolute Gasteiger partial charge is 0.340 e. The first-order chi connectivity index (χ1) is 6.95. The van der Waals surface area contributed by atoms with Crippen molar-refractivity contribution in [2.75, 3.05) is 7.11 Å². The first-order valence-electron chi connectivity index (χ1n) is 4.37. The van der Waals surface area contributed by atoms with E-state index in [1.807, 2.05) is 0 Å². The van der Waals surface area contributed by atoms with Crippen LogP contribution >= 0.6 is 0 Å². The van der Waals surface area contributed by atoms with E-state index in [4.69, 9.17) is 14.9 Å². The van der Waals surface area contributed by atoms with Gasteiger partial charge in [0.05, 0.1) is 0 Å². The Balaban J connectivity index is 3.18. The molecule has 1 rings (SSSR count). The second-order valence-electron chi connectivity index (χ2n) is 3.31. The molecule has 2 atom stereocenters. The van der Waals surface area contributed by atoms with Gasteiger partial charge >= 0.3 is 11.9 Å². The Kier molecular flexibility index (Phi) is 2.95. The third-order valence-electron chi connectivity index (χ3n) is 2.65. The number of rotatable bonds is 3. The van der Waals surface area contributed by atoms with Gasteiger partial charge in [0.15, 0.2) is 5.60 Å². The van der Waals surface area contributed by atoms with Crippen LogP contribution in [0.2, 0.25) is 0 Å². The van der Waals surface area contributed by atoms with Crippen molar-refractivity contribution in [3.8, 4) is 0 Å². The summed E-state index contributed by atoms with van der Waals surface area (Å²) in [5.74, 6) is -3.06. The molecule has 5 nitrogen and oxygen atoms in total. The van der Waals surface area contributed by atoms with Gasteiger partial charge in [-0.3, -0.25) is 0 Å². The Morgan fingerprint density at radius 3 is 2.47 bits per heavy atom.